The number of aliphatic hydroxyl groups is 1. The van der Waals surface area contributed by atoms with Gasteiger partial charge in [0.1, 0.15) is 41.3 Å². The zero-order chi connectivity index (χ0) is 46.2. The second-order valence-electron chi connectivity index (χ2n) is 19.4. The second kappa shape index (κ2) is 15.7. The normalized spacial score (nSPS) is 33.9. The summed E-state index contributed by atoms with van der Waals surface area (Å²) in [6, 6.07) is 15.8. The van der Waals surface area contributed by atoms with Gasteiger partial charge in [0.15, 0.2) is 23.6 Å². The summed E-state index contributed by atoms with van der Waals surface area (Å²) in [4.78, 5) is 86.0. The molecule has 0 unspecified atom stereocenters. The first-order valence-electron chi connectivity index (χ1n) is 21.2. The molecule has 63 heavy (non-hydrogen) atoms. The van der Waals surface area contributed by atoms with Crippen molar-refractivity contribution in [1.29, 1.82) is 0 Å². The number of esters is 4. The maximum atomic E-state index is 15.5. The summed E-state index contributed by atoms with van der Waals surface area (Å²) >= 11 is 0. The number of fused-ring (bicyclic) bond motifs is 5. The van der Waals surface area contributed by atoms with Crippen molar-refractivity contribution in [3.8, 4) is 0 Å². The van der Waals surface area contributed by atoms with Gasteiger partial charge in [0.25, 0.3) is 0 Å². The van der Waals surface area contributed by atoms with E-state index in [1.165, 1.54) is 24.0 Å². The molecule has 15 nitrogen and oxygen atoms in total. The molecule has 3 aliphatic carbocycles. The molecule has 0 aromatic heterocycles. The van der Waals surface area contributed by atoms with Crippen LogP contribution < -0.4 is 0 Å². The number of benzene rings is 2. The van der Waals surface area contributed by atoms with Gasteiger partial charge >= 0.3 is 30.0 Å². The number of hydrogen-bond donors (Lipinski definition) is 1. The van der Waals surface area contributed by atoms with E-state index in [4.69, 9.17) is 33.2 Å². The molecule has 338 valence electrons. The van der Waals surface area contributed by atoms with Crippen LogP contribution in [0, 0.1) is 16.7 Å². The molecule has 5 aliphatic rings. The Labute approximate surface area is 367 Å². The molecular weight excluding hydrogens is 815 g/mol. The Bertz CT molecular complexity index is 2260. The minimum absolute atomic E-state index is 0.124. The summed E-state index contributed by atoms with van der Waals surface area (Å²) in [5.41, 5.74) is -8.42. The fraction of sp³-hybridized carbons (Fsp3) is 0.542. The largest absolute Gasteiger partial charge is 0.456 e. The lowest BCUT2D eigenvalue weighted by atomic mass is 9.46. The predicted octanol–water partition coefficient (Wildman–Crippen LogP) is 6.12. The maximum absolute atomic E-state index is 15.5. The van der Waals surface area contributed by atoms with Crippen molar-refractivity contribution in [1.82, 2.24) is 4.90 Å². The summed E-state index contributed by atoms with van der Waals surface area (Å²) in [6.07, 6.45) is -5.06. The van der Waals surface area contributed by atoms with Crippen molar-refractivity contribution in [2.75, 3.05) is 6.61 Å². The third kappa shape index (κ3) is 7.55. The number of allylic oxidation sites excluding steroid dienone is 1. The molecule has 1 saturated carbocycles. The second-order valence-corrected chi connectivity index (χ2v) is 19.4. The molecule has 1 amide bonds. The first-order valence-corrected chi connectivity index (χ1v) is 21.2. The molecule has 2 aromatic carbocycles. The van der Waals surface area contributed by atoms with Gasteiger partial charge in [-0.2, -0.15) is 0 Å². The Hall–Kier alpha value is -5.38. The first kappa shape index (κ1) is 45.6. The van der Waals surface area contributed by atoms with E-state index in [1.807, 2.05) is 0 Å². The van der Waals surface area contributed by atoms with E-state index in [2.05, 4.69) is 0 Å². The number of carbonyl (C=O) groups is 6. The van der Waals surface area contributed by atoms with Crippen LogP contribution in [-0.2, 0) is 52.3 Å². The number of nitrogens with zero attached hydrogens (tertiary/aromatic N) is 1. The van der Waals surface area contributed by atoms with Crippen LogP contribution in [0.2, 0.25) is 0 Å². The van der Waals surface area contributed by atoms with Crippen molar-refractivity contribution < 1.29 is 67.0 Å². The fourth-order valence-electron chi connectivity index (χ4n) is 10.5. The van der Waals surface area contributed by atoms with Gasteiger partial charge in [0.05, 0.1) is 23.5 Å². The highest BCUT2D eigenvalue weighted by atomic mass is 16.6. The summed E-state index contributed by atoms with van der Waals surface area (Å²) < 4.78 is 43.1. The van der Waals surface area contributed by atoms with Gasteiger partial charge in [-0.05, 0) is 77.3 Å². The van der Waals surface area contributed by atoms with E-state index in [9.17, 15) is 29.1 Å². The molecule has 2 heterocycles. The van der Waals surface area contributed by atoms with Crippen molar-refractivity contribution in [3.05, 3.63) is 95.1 Å². The molecule has 2 aliphatic heterocycles. The number of rotatable bonds is 7. The van der Waals surface area contributed by atoms with Gasteiger partial charge in [-0.25, -0.2) is 14.4 Å². The van der Waals surface area contributed by atoms with Crippen LogP contribution in [0.4, 0.5) is 4.79 Å². The third-order valence-electron chi connectivity index (χ3n) is 13.4. The maximum Gasteiger partial charge on any atom is 0.413 e. The molecule has 0 spiro atoms. The van der Waals surface area contributed by atoms with Gasteiger partial charge in [-0.15, -0.1) is 0 Å². The highest BCUT2D eigenvalue weighted by Crippen LogP contribution is 2.63. The molecule has 3 fully saturated rings. The highest BCUT2D eigenvalue weighted by molar-refractivity contribution is 5.96. The van der Waals surface area contributed by atoms with Crippen molar-refractivity contribution >= 4 is 35.8 Å². The monoisotopic (exact) mass is 871 g/mol. The van der Waals surface area contributed by atoms with Crippen LogP contribution in [0.15, 0.2) is 84.0 Å². The summed E-state index contributed by atoms with van der Waals surface area (Å²) in [7, 11) is 0. The Morgan fingerprint density at radius 1 is 0.857 bits per heavy atom. The first-order chi connectivity index (χ1) is 29.3. The molecule has 10 atom stereocenters. The molecule has 0 radical (unpaired) electrons. The molecular formula is C48H57NO14. The Morgan fingerprint density at radius 2 is 1.48 bits per heavy atom. The topological polar surface area (TPSA) is 190 Å². The number of ketones is 1. The Morgan fingerprint density at radius 3 is 2.03 bits per heavy atom. The van der Waals surface area contributed by atoms with E-state index >= 15 is 4.79 Å². The SMILES string of the molecule is CC(=O)O[C@H]1C(=O)[C@]2(C)C=C[C@H]3OC[C@@]3(OC(C)=O)[C@H]2[C@H](OC(=O)c2ccccc2)[C@]2(O)C[C@H](OC(=O)[C@@H]3OC(C)(C)N(C(=O)OC(C)(C)C)[C@@H]3c3ccccc3)C(C)=C1C2(C)C. The number of ether oxygens (including phenoxy) is 7. The van der Waals surface area contributed by atoms with Crippen molar-refractivity contribution in [3.63, 3.8) is 0 Å². The smallest absolute Gasteiger partial charge is 0.413 e. The fourth-order valence-corrected chi connectivity index (χ4v) is 10.5. The third-order valence-corrected chi connectivity index (χ3v) is 13.4. The predicted molar refractivity (Wildman–Crippen MR) is 223 cm³/mol. The quantitative estimate of drug-likeness (QED) is 0.190. The van der Waals surface area contributed by atoms with Crippen LogP contribution in [0.1, 0.15) is 105 Å². The average Bonchev–Trinajstić information content (AvgIpc) is 3.48. The highest BCUT2D eigenvalue weighted by Gasteiger charge is 2.75. The summed E-state index contributed by atoms with van der Waals surface area (Å²) in [5.74, 6) is -5.31. The van der Waals surface area contributed by atoms with Crippen LogP contribution >= 0.6 is 0 Å². The number of carbonyl (C=O) groups excluding carboxylic acids is 6. The van der Waals surface area contributed by atoms with Gasteiger partial charge < -0.3 is 38.3 Å². The van der Waals surface area contributed by atoms with Gasteiger partial charge in [-0.1, -0.05) is 74.5 Å². The number of Topliss-reactive ketones (excluding diaryl/α,β-unsaturated/α-hetero) is 1. The molecule has 2 saturated heterocycles. The molecule has 15 heteroatoms. The van der Waals surface area contributed by atoms with E-state index in [0.29, 0.717) is 11.1 Å². The van der Waals surface area contributed by atoms with Crippen molar-refractivity contribution in [2.45, 2.75) is 142 Å². The van der Waals surface area contributed by atoms with Crippen LogP contribution in [0.25, 0.3) is 0 Å². The summed E-state index contributed by atoms with van der Waals surface area (Å²) in [5, 5.41) is 13.8. The number of amides is 1. The number of hydrogen-bond acceptors (Lipinski definition) is 14. The lowest BCUT2D eigenvalue weighted by Gasteiger charge is -2.65. The van der Waals surface area contributed by atoms with Crippen molar-refractivity contribution in [2.24, 2.45) is 16.7 Å². The van der Waals surface area contributed by atoms with Gasteiger partial charge in [0, 0.05) is 25.7 Å². The lowest BCUT2D eigenvalue weighted by Crippen LogP contribution is -2.78. The van der Waals surface area contributed by atoms with Crippen LogP contribution in [0.3, 0.4) is 0 Å². The van der Waals surface area contributed by atoms with E-state index in [1.54, 1.807) is 123 Å². The van der Waals surface area contributed by atoms with E-state index in [-0.39, 0.29) is 17.7 Å². The minimum atomic E-state index is -2.27. The zero-order valence-corrected chi connectivity index (χ0v) is 37.6. The summed E-state index contributed by atoms with van der Waals surface area (Å²) in [6.45, 7) is 17.0. The van der Waals surface area contributed by atoms with Gasteiger partial charge in [0.2, 0.25) is 0 Å². The minimum Gasteiger partial charge on any atom is -0.456 e. The zero-order valence-electron chi connectivity index (χ0n) is 37.6. The molecule has 2 aromatic rings. The molecule has 2 bridgehead atoms. The van der Waals surface area contributed by atoms with E-state index in [0.717, 1.165) is 6.92 Å². The molecule has 7 rings (SSSR count). The lowest BCUT2D eigenvalue weighted by molar-refractivity contribution is -0.306. The molecule has 1 N–H and O–H groups in total. The Kier molecular flexibility index (Phi) is 11.4. The Balaban J connectivity index is 1.41. The van der Waals surface area contributed by atoms with Gasteiger partial charge in [-0.3, -0.25) is 19.3 Å². The van der Waals surface area contributed by atoms with Crippen LogP contribution in [0.5, 0.6) is 0 Å². The standard InChI is InChI=1S/C48H57NO14/c1-26-31(59-41(54)36-34(29-18-14-12-15-19-29)49(45(9,10)62-36)42(55)63-43(4,5)6)24-48(56)39(60-40(53)30-20-16-13-17-21-30)37-46(11,23-22-32-47(37,25-57-32)61-28(3)51)38(52)35(58-27(2)50)33(26)44(48,7)8/h12-23,31-32,34-37,39,56H,24-25H2,1-11H3/t31-,32+,34+,35+,36+,37-,39-,46+,47-,48+/m0/s1. The van der Waals surface area contributed by atoms with Crippen LogP contribution in [-0.4, -0.2) is 105 Å². The van der Waals surface area contributed by atoms with E-state index < -0.39 is 118 Å². The average molecular weight is 872 g/mol.